The standard InChI is InChI=1S/C9H18F2N2/c1-9(2,3)6-13-5-7(10)12-4-8(13)11/h7-8,12H,4-6H2,1-3H3. The minimum atomic E-state index is -1.09. The first-order chi connectivity index (χ1) is 5.88. The molecular formula is C9H18F2N2. The smallest absolute Gasteiger partial charge is 0.166 e. The van der Waals surface area contributed by atoms with E-state index < -0.39 is 12.6 Å². The highest BCUT2D eigenvalue weighted by molar-refractivity contribution is 4.79. The molecule has 4 heteroatoms. The molecule has 0 aromatic carbocycles. The van der Waals surface area contributed by atoms with Crippen LogP contribution >= 0.6 is 0 Å². The van der Waals surface area contributed by atoms with Crippen LogP contribution in [0.2, 0.25) is 0 Å². The van der Waals surface area contributed by atoms with Crippen molar-refractivity contribution < 1.29 is 8.78 Å². The number of hydrogen-bond acceptors (Lipinski definition) is 2. The van der Waals surface area contributed by atoms with Crippen LogP contribution in [0.3, 0.4) is 0 Å². The van der Waals surface area contributed by atoms with E-state index in [4.69, 9.17) is 0 Å². The van der Waals surface area contributed by atoms with E-state index in [2.05, 4.69) is 5.32 Å². The van der Waals surface area contributed by atoms with Crippen LogP contribution in [-0.2, 0) is 0 Å². The average Bonchev–Trinajstić information content (AvgIpc) is 1.94. The maximum absolute atomic E-state index is 13.2. The summed E-state index contributed by atoms with van der Waals surface area (Å²) < 4.78 is 26.1. The van der Waals surface area contributed by atoms with Gasteiger partial charge >= 0.3 is 0 Å². The first kappa shape index (κ1) is 10.9. The fourth-order valence-corrected chi connectivity index (χ4v) is 1.51. The van der Waals surface area contributed by atoms with Gasteiger partial charge in [-0.25, -0.2) is 8.78 Å². The molecule has 0 spiro atoms. The number of alkyl halides is 2. The molecule has 1 N–H and O–H groups in total. The molecule has 1 aliphatic rings. The number of halogens is 2. The zero-order valence-corrected chi connectivity index (χ0v) is 8.48. The number of nitrogens with zero attached hydrogens (tertiary/aromatic N) is 1. The van der Waals surface area contributed by atoms with Gasteiger partial charge in [-0.1, -0.05) is 20.8 Å². The molecule has 13 heavy (non-hydrogen) atoms. The van der Waals surface area contributed by atoms with E-state index in [1.807, 2.05) is 20.8 Å². The molecule has 1 aliphatic heterocycles. The Morgan fingerprint density at radius 2 is 2.00 bits per heavy atom. The predicted octanol–water partition coefficient (Wildman–Crippen LogP) is 1.53. The Morgan fingerprint density at radius 3 is 2.54 bits per heavy atom. The second kappa shape index (κ2) is 3.88. The lowest BCUT2D eigenvalue weighted by molar-refractivity contribution is -0.0111. The second-order valence-corrected chi connectivity index (χ2v) is 4.80. The maximum atomic E-state index is 13.2. The van der Waals surface area contributed by atoms with Crippen molar-refractivity contribution in [2.45, 2.75) is 33.4 Å². The predicted molar refractivity (Wildman–Crippen MR) is 48.8 cm³/mol. The fourth-order valence-electron chi connectivity index (χ4n) is 1.51. The lowest BCUT2D eigenvalue weighted by Gasteiger charge is -2.36. The Kier molecular flexibility index (Phi) is 3.24. The molecule has 0 saturated carbocycles. The van der Waals surface area contributed by atoms with E-state index in [1.165, 1.54) is 0 Å². The van der Waals surface area contributed by atoms with Crippen molar-refractivity contribution in [3.63, 3.8) is 0 Å². The molecule has 2 nitrogen and oxygen atoms in total. The van der Waals surface area contributed by atoms with Crippen LogP contribution in [0.1, 0.15) is 20.8 Å². The van der Waals surface area contributed by atoms with Gasteiger partial charge in [-0.15, -0.1) is 0 Å². The van der Waals surface area contributed by atoms with Gasteiger partial charge in [0.25, 0.3) is 0 Å². The van der Waals surface area contributed by atoms with Crippen LogP contribution in [0.15, 0.2) is 0 Å². The number of piperazine rings is 1. The van der Waals surface area contributed by atoms with Crippen LogP contribution in [0.25, 0.3) is 0 Å². The van der Waals surface area contributed by atoms with Crippen LogP contribution in [0.4, 0.5) is 8.78 Å². The summed E-state index contributed by atoms with van der Waals surface area (Å²) in [5, 5.41) is 2.46. The summed E-state index contributed by atoms with van der Waals surface area (Å²) >= 11 is 0. The molecular weight excluding hydrogens is 174 g/mol. The van der Waals surface area contributed by atoms with Gasteiger partial charge in [-0.3, -0.25) is 10.2 Å². The lowest BCUT2D eigenvalue weighted by atomic mass is 9.95. The van der Waals surface area contributed by atoms with E-state index in [9.17, 15) is 8.78 Å². The van der Waals surface area contributed by atoms with E-state index >= 15 is 0 Å². The highest BCUT2D eigenvalue weighted by Crippen LogP contribution is 2.19. The zero-order valence-electron chi connectivity index (χ0n) is 8.48. The van der Waals surface area contributed by atoms with Crippen molar-refractivity contribution in [1.82, 2.24) is 10.2 Å². The number of nitrogens with one attached hydrogen (secondary N) is 1. The van der Waals surface area contributed by atoms with Crippen molar-refractivity contribution in [3.8, 4) is 0 Å². The first-order valence-electron chi connectivity index (χ1n) is 4.64. The van der Waals surface area contributed by atoms with Crippen LogP contribution in [0, 0.1) is 5.41 Å². The molecule has 0 aliphatic carbocycles. The molecule has 0 bridgehead atoms. The third kappa shape index (κ3) is 3.56. The van der Waals surface area contributed by atoms with Gasteiger partial charge in [-0.2, -0.15) is 0 Å². The van der Waals surface area contributed by atoms with Crippen molar-refractivity contribution in [1.29, 1.82) is 0 Å². The average molecular weight is 192 g/mol. The summed E-state index contributed by atoms with van der Waals surface area (Å²) in [5.41, 5.74) is 0.0153. The molecule has 0 aromatic rings. The van der Waals surface area contributed by atoms with E-state index in [-0.39, 0.29) is 18.5 Å². The molecule has 1 fully saturated rings. The Morgan fingerprint density at radius 1 is 1.38 bits per heavy atom. The van der Waals surface area contributed by atoms with Crippen LogP contribution in [0.5, 0.6) is 0 Å². The Labute approximate surface area is 78.3 Å². The monoisotopic (exact) mass is 192 g/mol. The van der Waals surface area contributed by atoms with Crippen molar-refractivity contribution in [2.24, 2.45) is 5.41 Å². The summed E-state index contributed by atoms with van der Waals surface area (Å²) in [6, 6.07) is 0. The minimum absolute atomic E-state index is 0.0153. The van der Waals surface area contributed by atoms with Gasteiger partial charge in [0, 0.05) is 19.6 Å². The Hall–Kier alpha value is -0.220. The van der Waals surface area contributed by atoms with E-state index in [1.54, 1.807) is 4.90 Å². The van der Waals surface area contributed by atoms with Gasteiger partial charge in [-0.05, 0) is 5.41 Å². The molecule has 78 valence electrons. The van der Waals surface area contributed by atoms with Gasteiger partial charge in [0.15, 0.2) is 12.6 Å². The molecule has 0 aromatic heterocycles. The number of hydrogen-bond donors (Lipinski definition) is 1. The Bertz CT molecular complexity index is 167. The SMILES string of the molecule is CC(C)(C)CN1CC(F)NCC1F. The molecule has 2 atom stereocenters. The zero-order chi connectivity index (χ0) is 10.1. The van der Waals surface area contributed by atoms with Crippen LogP contribution < -0.4 is 5.32 Å². The molecule has 1 saturated heterocycles. The van der Waals surface area contributed by atoms with Gasteiger partial charge < -0.3 is 0 Å². The topological polar surface area (TPSA) is 15.3 Å². The minimum Gasteiger partial charge on any atom is -0.282 e. The number of rotatable bonds is 1. The highest BCUT2D eigenvalue weighted by Gasteiger charge is 2.29. The fraction of sp³-hybridized carbons (Fsp3) is 1.00. The van der Waals surface area contributed by atoms with E-state index in [0.717, 1.165) is 0 Å². The normalized spacial score (nSPS) is 32.1. The molecule has 0 radical (unpaired) electrons. The summed E-state index contributed by atoms with van der Waals surface area (Å²) in [4.78, 5) is 1.56. The summed E-state index contributed by atoms with van der Waals surface area (Å²) in [5.74, 6) is 0. The highest BCUT2D eigenvalue weighted by atomic mass is 19.1. The molecule has 1 rings (SSSR count). The first-order valence-corrected chi connectivity index (χ1v) is 4.64. The molecule has 1 heterocycles. The third-order valence-electron chi connectivity index (χ3n) is 1.98. The Balaban J connectivity index is 2.47. The van der Waals surface area contributed by atoms with Crippen molar-refractivity contribution in [3.05, 3.63) is 0 Å². The third-order valence-corrected chi connectivity index (χ3v) is 1.98. The lowest BCUT2D eigenvalue weighted by Crippen LogP contribution is -2.55. The molecule has 2 unspecified atom stereocenters. The van der Waals surface area contributed by atoms with Gasteiger partial charge in [0.2, 0.25) is 0 Å². The summed E-state index contributed by atoms with van der Waals surface area (Å²) in [7, 11) is 0. The maximum Gasteiger partial charge on any atom is 0.166 e. The second-order valence-electron chi connectivity index (χ2n) is 4.80. The van der Waals surface area contributed by atoms with Crippen LogP contribution in [-0.4, -0.2) is 37.1 Å². The van der Waals surface area contributed by atoms with Crippen molar-refractivity contribution >= 4 is 0 Å². The van der Waals surface area contributed by atoms with E-state index in [0.29, 0.717) is 6.54 Å². The summed E-state index contributed by atoms with van der Waals surface area (Å²) in [6.07, 6.45) is -2.14. The van der Waals surface area contributed by atoms with Gasteiger partial charge in [0.1, 0.15) is 0 Å². The van der Waals surface area contributed by atoms with Crippen molar-refractivity contribution in [2.75, 3.05) is 19.6 Å². The largest absolute Gasteiger partial charge is 0.282 e. The summed E-state index contributed by atoms with van der Waals surface area (Å²) in [6.45, 7) is 6.91. The quantitative estimate of drug-likeness (QED) is 0.634. The van der Waals surface area contributed by atoms with Gasteiger partial charge in [0.05, 0.1) is 0 Å². The molecule has 0 amide bonds.